The number of amides is 2. The van der Waals surface area contributed by atoms with Crippen molar-refractivity contribution in [2.45, 2.75) is 63.2 Å². The number of carbonyl (C=O) groups excluding carboxylic acids is 2. The van der Waals surface area contributed by atoms with E-state index in [0.29, 0.717) is 12.8 Å². The number of benzene rings is 2. The average Bonchev–Trinajstić information content (AvgIpc) is 3.38. The van der Waals surface area contributed by atoms with Crippen LogP contribution in [-0.2, 0) is 16.0 Å². The fourth-order valence-electron chi connectivity index (χ4n) is 4.79. The van der Waals surface area contributed by atoms with E-state index in [1.54, 1.807) is 6.08 Å². The highest BCUT2D eigenvalue weighted by atomic mass is 16.2. The molecule has 2 aromatic rings. The van der Waals surface area contributed by atoms with Gasteiger partial charge in [0.15, 0.2) is 0 Å². The average molecular weight is 418 g/mol. The normalized spacial score (nSPS) is 21.2. The number of nitrogens with one attached hydrogen (secondary N) is 1. The molecule has 0 radical (unpaired) electrons. The summed E-state index contributed by atoms with van der Waals surface area (Å²) >= 11 is 0. The largest absolute Gasteiger partial charge is 0.349 e. The summed E-state index contributed by atoms with van der Waals surface area (Å²) in [4.78, 5) is 27.5. The Bertz CT molecular complexity index is 925. The van der Waals surface area contributed by atoms with Crippen LogP contribution in [0.4, 0.5) is 0 Å². The molecule has 2 heterocycles. The van der Waals surface area contributed by atoms with Gasteiger partial charge < -0.3 is 16.0 Å². The lowest BCUT2D eigenvalue weighted by Gasteiger charge is -2.22. The molecule has 2 aliphatic heterocycles. The minimum Gasteiger partial charge on any atom is -0.349 e. The third kappa shape index (κ3) is 4.57. The predicted molar refractivity (Wildman–Crippen MR) is 122 cm³/mol. The maximum Gasteiger partial charge on any atom is 0.247 e. The van der Waals surface area contributed by atoms with E-state index in [1.165, 1.54) is 16.7 Å². The molecule has 2 aromatic carbocycles. The van der Waals surface area contributed by atoms with Gasteiger partial charge in [-0.05, 0) is 48.8 Å². The van der Waals surface area contributed by atoms with E-state index in [-0.39, 0.29) is 29.9 Å². The smallest absolute Gasteiger partial charge is 0.247 e. The molecule has 0 spiro atoms. The van der Waals surface area contributed by atoms with Crippen LogP contribution in [0.3, 0.4) is 0 Å². The van der Waals surface area contributed by atoms with E-state index in [4.69, 9.17) is 5.73 Å². The van der Waals surface area contributed by atoms with Crippen LogP contribution in [0.25, 0.3) is 0 Å². The molecule has 1 saturated heterocycles. The first-order valence-electron chi connectivity index (χ1n) is 11.3. The molecule has 162 valence electrons. The second-order valence-electron chi connectivity index (χ2n) is 8.50. The molecular formula is C26H31N3O2. The molecule has 0 aliphatic carbocycles. The molecule has 2 bridgehead atoms. The van der Waals surface area contributed by atoms with Gasteiger partial charge in [0.2, 0.25) is 11.8 Å². The van der Waals surface area contributed by atoms with Crippen LogP contribution in [0.1, 0.15) is 61.4 Å². The van der Waals surface area contributed by atoms with Crippen molar-refractivity contribution >= 4 is 11.8 Å². The number of fused-ring (bicyclic) bond motifs is 5. The van der Waals surface area contributed by atoms with Crippen LogP contribution in [0.15, 0.2) is 66.7 Å². The van der Waals surface area contributed by atoms with E-state index >= 15 is 0 Å². The topological polar surface area (TPSA) is 75.4 Å². The van der Waals surface area contributed by atoms with Crippen LogP contribution in [0, 0.1) is 0 Å². The van der Waals surface area contributed by atoms with E-state index in [2.05, 4.69) is 29.6 Å². The number of nitrogens with zero attached hydrogens (tertiary/aromatic N) is 1. The molecule has 4 atom stereocenters. The van der Waals surface area contributed by atoms with Crippen molar-refractivity contribution in [1.82, 2.24) is 10.2 Å². The molecule has 1 fully saturated rings. The third-order valence-corrected chi connectivity index (χ3v) is 6.52. The van der Waals surface area contributed by atoms with Gasteiger partial charge in [-0.15, -0.1) is 0 Å². The molecule has 4 unspecified atom stereocenters. The highest BCUT2D eigenvalue weighted by Gasteiger charge is 2.45. The van der Waals surface area contributed by atoms with Crippen LogP contribution >= 0.6 is 0 Å². The van der Waals surface area contributed by atoms with Gasteiger partial charge in [-0.25, -0.2) is 0 Å². The van der Waals surface area contributed by atoms with E-state index in [9.17, 15) is 9.59 Å². The Morgan fingerprint density at radius 2 is 1.68 bits per heavy atom. The Morgan fingerprint density at radius 1 is 1.06 bits per heavy atom. The Labute approximate surface area is 184 Å². The summed E-state index contributed by atoms with van der Waals surface area (Å²) in [6, 6.07) is 18.1. The highest BCUT2D eigenvalue weighted by molar-refractivity contribution is 5.89. The summed E-state index contributed by atoms with van der Waals surface area (Å²) in [6.07, 6.45) is 7.62. The molecule has 2 amide bonds. The van der Waals surface area contributed by atoms with Gasteiger partial charge >= 0.3 is 0 Å². The molecule has 3 N–H and O–H groups in total. The summed E-state index contributed by atoms with van der Waals surface area (Å²) in [6.45, 7) is 1.89. The van der Waals surface area contributed by atoms with Crippen LogP contribution < -0.4 is 11.1 Å². The van der Waals surface area contributed by atoms with Gasteiger partial charge in [0.1, 0.15) is 0 Å². The third-order valence-electron chi connectivity index (χ3n) is 6.52. The molecule has 4 rings (SSSR count). The van der Waals surface area contributed by atoms with Crippen molar-refractivity contribution in [2.75, 3.05) is 0 Å². The Kier molecular flexibility index (Phi) is 6.52. The van der Waals surface area contributed by atoms with Gasteiger partial charge in [0, 0.05) is 12.1 Å². The van der Waals surface area contributed by atoms with Gasteiger partial charge in [0.05, 0.1) is 18.1 Å². The predicted octanol–water partition coefficient (Wildman–Crippen LogP) is 3.82. The maximum atomic E-state index is 13.1. The lowest BCUT2D eigenvalue weighted by Crippen LogP contribution is -2.44. The van der Waals surface area contributed by atoms with Gasteiger partial charge in [0.25, 0.3) is 0 Å². The first kappa shape index (κ1) is 21.3. The van der Waals surface area contributed by atoms with E-state index in [0.717, 1.165) is 19.3 Å². The number of rotatable bonds is 8. The number of aryl methyl sites for hydroxylation is 1. The molecule has 0 aromatic heterocycles. The highest BCUT2D eigenvalue weighted by Crippen LogP contribution is 2.52. The standard InChI is InChI=1S/C26H31N3O2/c1-2-22(27)26(31)28-19(13-12-18-8-4-3-5-9-18)14-17-25(30)29-23-15-16-24(29)21-11-7-6-10-20(21)23/h3-11,14,17,19,22-24H,2,12-13,15-16,27H2,1H3,(H,28,31). The van der Waals surface area contributed by atoms with Crippen molar-refractivity contribution in [2.24, 2.45) is 5.73 Å². The molecule has 5 nitrogen and oxygen atoms in total. The fourth-order valence-corrected chi connectivity index (χ4v) is 4.79. The summed E-state index contributed by atoms with van der Waals surface area (Å²) < 4.78 is 0. The summed E-state index contributed by atoms with van der Waals surface area (Å²) in [5, 5.41) is 3.02. The second kappa shape index (κ2) is 9.48. The van der Waals surface area contributed by atoms with Gasteiger partial charge in [-0.2, -0.15) is 0 Å². The number of hydrogen-bond donors (Lipinski definition) is 2. The van der Waals surface area contributed by atoms with E-state index < -0.39 is 6.04 Å². The summed E-state index contributed by atoms with van der Waals surface area (Å²) in [5.74, 6) is -0.159. The van der Waals surface area contributed by atoms with Crippen LogP contribution in [0.5, 0.6) is 0 Å². The van der Waals surface area contributed by atoms with Gasteiger partial charge in [-0.1, -0.05) is 67.6 Å². The molecular weight excluding hydrogens is 386 g/mol. The van der Waals surface area contributed by atoms with Crippen molar-refractivity contribution < 1.29 is 9.59 Å². The van der Waals surface area contributed by atoms with Crippen LogP contribution in [0.2, 0.25) is 0 Å². The van der Waals surface area contributed by atoms with Crippen molar-refractivity contribution in [3.05, 3.63) is 83.4 Å². The first-order chi connectivity index (χ1) is 15.1. The Hall–Kier alpha value is -2.92. The zero-order valence-electron chi connectivity index (χ0n) is 18.0. The lowest BCUT2D eigenvalue weighted by molar-refractivity contribution is -0.128. The maximum absolute atomic E-state index is 13.1. The molecule has 5 heteroatoms. The summed E-state index contributed by atoms with van der Waals surface area (Å²) in [7, 11) is 0. The minimum absolute atomic E-state index is 0.0162. The Morgan fingerprint density at radius 3 is 2.29 bits per heavy atom. The number of hydrogen-bond acceptors (Lipinski definition) is 3. The summed E-state index contributed by atoms with van der Waals surface area (Å²) in [5.41, 5.74) is 9.67. The minimum atomic E-state index is -0.535. The molecule has 2 aliphatic rings. The van der Waals surface area contributed by atoms with Crippen molar-refractivity contribution in [3.63, 3.8) is 0 Å². The van der Waals surface area contributed by atoms with Crippen molar-refractivity contribution in [1.29, 1.82) is 0 Å². The lowest BCUT2D eigenvalue weighted by atomic mass is 9.92. The second-order valence-corrected chi connectivity index (χ2v) is 8.50. The van der Waals surface area contributed by atoms with E-state index in [1.807, 2.05) is 48.2 Å². The fraction of sp³-hybridized carbons (Fsp3) is 0.385. The molecule has 31 heavy (non-hydrogen) atoms. The first-order valence-corrected chi connectivity index (χ1v) is 11.3. The van der Waals surface area contributed by atoms with Gasteiger partial charge in [-0.3, -0.25) is 9.59 Å². The molecule has 0 saturated carbocycles. The SMILES string of the molecule is CCC(N)C(=O)NC(C=CC(=O)N1C2CCC1c1ccccc12)CCc1ccccc1. The van der Waals surface area contributed by atoms with Crippen LogP contribution in [-0.4, -0.2) is 28.8 Å². The quantitative estimate of drug-likeness (QED) is 0.641. The van der Waals surface area contributed by atoms with Crippen molar-refractivity contribution in [3.8, 4) is 0 Å². The number of nitrogens with two attached hydrogens (primary N) is 1. The zero-order valence-corrected chi connectivity index (χ0v) is 18.0. The zero-order chi connectivity index (χ0) is 21.8. The Balaban J connectivity index is 1.45. The number of carbonyl (C=O) groups is 2. The monoisotopic (exact) mass is 417 g/mol.